The number of carbonyl (C=O) groups is 1. The monoisotopic (exact) mass is 231 g/mol. The number of nitrogens with zero attached hydrogens (tertiary/aromatic N) is 2. The molecule has 5 heteroatoms. The Kier molecular flexibility index (Phi) is 2.93. The van der Waals surface area contributed by atoms with Crippen molar-refractivity contribution in [2.24, 2.45) is 0 Å². The molecule has 1 aromatic carbocycles. The summed E-state index contributed by atoms with van der Waals surface area (Å²) in [6, 6.07) is 8.72. The van der Waals surface area contributed by atoms with E-state index in [1.165, 1.54) is 6.07 Å². The van der Waals surface area contributed by atoms with Gasteiger partial charge in [-0.15, -0.1) is 0 Å². The van der Waals surface area contributed by atoms with Gasteiger partial charge in [-0.25, -0.2) is 14.8 Å². The van der Waals surface area contributed by atoms with Crippen LogP contribution in [-0.4, -0.2) is 35.2 Å². The van der Waals surface area contributed by atoms with Crippen LogP contribution in [0, 0.1) is 0 Å². The Morgan fingerprint density at radius 3 is 2.71 bits per heavy atom. The predicted octanol–water partition coefficient (Wildman–Crippen LogP) is 1.82. The highest BCUT2D eigenvalue weighted by atomic mass is 16.4. The standard InChI is InChI=1S/C12H13N3O2/c1-15(2)14-11-7-9(12(16)17)8-5-3-4-6-10(8)13-11/h3-7H,1-2H3,(H,13,14)(H,16,17). The Balaban J connectivity index is 2.63. The average Bonchev–Trinajstić information content (AvgIpc) is 2.27. The van der Waals surface area contributed by atoms with Crippen LogP contribution >= 0.6 is 0 Å². The Labute approximate surface area is 98.7 Å². The molecule has 0 unspecified atom stereocenters. The lowest BCUT2D eigenvalue weighted by Crippen LogP contribution is -2.20. The molecule has 0 amide bonds. The van der Waals surface area contributed by atoms with Gasteiger partial charge in [0.1, 0.15) is 5.82 Å². The summed E-state index contributed by atoms with van der Waals surface area (Å²) >= 11 is 0. The fourth-order valence-corrected chi connectivity index (χ4v) is 1.64. The van der Waals surface area contributed by atoms with E-state index in [-0.39, 0.29) is 5.56 Å². The van der Waals surface area contributed by atoms with Gasteiger partial charge in [0.2, 0.25) is 0 Å². The second kappa shape index (κ2) is 4.39. The van der Waals surface area contributed by atoms with Gasteiger partial charge in [-0.2, -0.15) is 0 Å². The molecule has 5 nitrogen and oxygen atoms in total. The number of hydrazine groups is 1. The van der Waals surface area contributed by atoms with Crippen LogP contribution in [0.3, 0.4) is 0 Å². The number of carboxylic acid groups (broad SMARTS) is 1. The molecule has 2 aromatic rings. The molecule has 1 heterocycles. The Bertz CT molecular complexity index is 567. The second-order valence-corrected chi connectivity index (χ2v) is 3.88. The number of fused-ring (bicyclic) bond motifs is 1. The Hall–Kier alpha value is -2.14. The fourth-order valence-electron chi connectivity index (χ4n) is 1.64. The Morgan fingerprint density at radius 2 is 2.06 bits per heavy atom. The van der Waals surface area contributed by atoms with Gasteiger partial charge < -0.3 is 10.5 Å². The molecule has 2 rings (SSSR count). The molecular formula is C12H13N3O2. The van der Waals surface area contributed by atoms with E-state index in [1.54, 1.807) is 23.2 Å². The van der Waals surface area contributed by atoms with Gasteiger partial charge in [0.25, 0.3) is 0 Å². The summed E-state index contributed by atoms with van der Waals surface area (Å²) in [5, 5.41) is 11.5. The zero-order chi connectivity index (χ0) is 12.4. The van der Waals surface area contributed by atoms with Gasteiger partial charge in [0, 0.05) is 19.5 Å². The first kappa shape index (κ1) is 11.3. The van der Waals surface area contributed by atoms with Crippen molar-refractivity contribution in [1.29, 1.82) is 0 Å². The van der Waals surface area contributed by atoms with Gasteiger partial charge >= 0.3 is 5.97 Å². The number of hydrogen-bond acceptors (Lipinski definition) is 4. The molecule has 0 aliphatic carbocycles. The van der Waals surface area contributed by atoms with E-state index in [9.17, 15) is 9.90 Å². The molecule has 0 aliphatic heterocycles. The summed E-state index contributed by atoms with van der Waals surface area (Å²) < 4.78 is 0. The number of carboxylic acids is 1. The van der Waals surface area contributed by atoms with E-state index >= 15 is 0 Å². The van der Waals surface area contributed by atoms with Crippen LogP contribution in [0.5, 0.6) is 0 Å². The number of benzene rings is 1. The van der Waals surface area contributed by atoms with E-state index < -0.39 is 5.97 Å². The van der Waals surface area contributed by atoms with Gasteiger partial charge in [0.15, 0.2) is 0 Å². The van der Waals surface area contributed by atoms with E-state index in [0.29, 0.717) is 16.7 Å². The molecule has 0 radical (unpaired) electrons. The average molecular weight is 231 g/mol. The van der Waals surface area contributed by atoms with Gasteiger partial charge in [-0.05, 0) is 12.1 Å². The van der Waals surface area contributed by atoms with Crippen LogP contribution < -0.4 is 5.43 Å². The maximum absolute atomic E-state index is 11.2. The summed E-state index contributed by atoms with van der Waals surface area (Å²) in [5.74, 6) is -0.434. The zero-order valence-corrected chi connectivity index (χ0v) is 9.64. The molecule has 2 N–H and O–H groups in total. The molecule has 0 fully saturated rings. The fraction of sp³-hybridized carbons (Fsp3) is 0.167. The molecule has 88 valence electrons. The van der Waals surface area contributed by atoms with Crippen LogP contribution in [0.1, 0.15) is 10.4 Å². The molecular weight excluding hydrogens is 218 g/mol. The third-order valence-electron chi connectivity index (χ3n) is 2.28. The number of nitrogens with one attached hydrogen (secondary N) is 1. The van der Waals surface area contributed by atoms with Crippen LogP contribution in [0.15, 0.2) is 30.3 Å². The Morgan fingerprint density at radius 1 is 1.35 bits per heavy atom. The van der Waals surface area contributed by atoms with E-state index in [2.05, 4.69) is 10.4 Å². The molecule has 17 heavy (non-hydrogen) atoms. The number of para-hydroxylation sites is 1. The van der Waals surface area contributed by atoms with Crippen molar-refractivity contribution in [1.82, 2.24) is 9.99 Å². The maximum Gasteiger partial charge on any atom is 0.336 e. The molecule has 0 atom stereocenters. The van der Waals surface area contributed by atoms with Crippen molar-refractivity contribution in [3.8, 4) is 0 Å². The molecule has 1 aromatic heterocycles. The lowest BCUT2D eigenvalue weighted by Gasteiger charge is -2.14. The smallest absolute Gasteiger partial charge is 0.336 e. The molecule has 0 bridgehead atoms. The van der Waals surface area contributed by atoms with Crippen molar-refractivity contribution in [3.63, 3.8) is 0 Å². The van der Waals surface area contributed by atoms with Gasteiger partial charge in [-0.3, -0.25) is 0 Å². The molecule has 0 spiro atoms. The predicted molar refractivity (Wildman–Crippen MR) is 66.0 cm³/mol. The van der Waals surface area contributed by atoms with Crippen molar-refractivity contribution < 1.29 is 9.90 Å². The topological polar surface area (TPSA) is 65.5 Å². The molecule has 0 aliphatic rings. The minimum Gasteiger partial charge on any atom is -0.478 e. The van der Waals surface area contributed by atoms with Crippen molar-refractivity contribution >= 4 is 22.7 Å². The number of aromatic nitrogens is 1. The van der Waals surface area contributed by atoms with E-state index in [1.807, 2.05) is 20.2 Å². The lowest BCUT2D eigenvalue weighted by molar-refractivity contribution is 0.0699. The highest BCUT2D eigenvalue weighted by Crippen LogP contribution is 2.20. The lowest BCUT2D eigenvalue weighted by atomic mass is 10.1. The highest BCUT2D eigenvalue weighted by molar-refractivity contribution is 6.03. The highest BCUT2D eigenvalue weighted by Gasteiger charge is 2.11. The quantitative estimate of drug-likeness (QED) is 0.789. The van der Waals surface area contributed by atoms with Crippen molar-refractivity contribution in [2.75, 3.05) is 19.5 Å². The SMILES string of the molecule is CN(C)Nc1cc(C(=O)O)c2ccccc2n1. The zero-order valence-electron chi connectivity index (χ0n) is 9.64. The van der Waals surface area contributed by atoms with Crippen LogP contribution in [0.25, 0.3) is 10.9 Å². The number of hydrogen-bond donors (Lipinski definition) is 2. The summed E-state index contributed by atoms with van der Waals surface area (Å²) in [4.78, 5) is 15.5. The van der Waals surface area contributed by atoms with Gasteiger partial charge in [0.05, 0.1) is 11.1 Å². The van der Waals surface area contributed by atoms with Crippen molar-refractivity contribution in [3.05, 3.63) is 35.9 Å². The summed E-state index contributed by atoms with van der Waals surface area (Å²) in [7, 11) is 3.63. The first-order chi connectivity index (χ1) is 8.08. The summed E-state index contributed by atoms with van der Waals surface area (Å²) in [6.45, 7) is 0. The molecule has 0 saturated heterocycles. The first-order valence-corrected chi connectivity index (χ1v) is 5.15. The summed E-state index contributed by atoms with van der Waals surface area (Å²) in [6.07, 6.45) is 0. The number of anilines is 1. The minimum absolute atomic E-state index is 0.250. The number of aromatic carboxylic acids is 1. The van der Waals surface area contributed by atoms with E-state index in [0.717, 1.165) is 0 Å². The normalized spacial score (nSPS) is 10.8. The van der Waals surface area contributed by atoms with Crippen LogP contribution in [-0.2, 0) is 0 Å². The minimum atomic E-state index is -0.953. The third kappa shape index (κ3) is 2.34. The van der Waals surface area contributed by atoms with Crippen LogP contribution in [0.2, 0.25) is 0 Å². The largest absolute Gasteiger partial charge is 0.478 e. The van der Waals surface area contributed by atoms with Crippen molar-refractivity contribution in [2.45, 2.75) is 0 Å². The second-order valence-electron chi connectivity index (χ2n) is 3.88. The van der Waals surface area contributed by atoms with E-state index in [4.69, 9.17) is 0 Å². The first-order valence-electron chi connectivity index (χ1n) is 5.15. The number of pyridine rings is 1. The maximum atomic E-state index is 11.2. The number of rotatable bonds is 3. The summed E-state index contributed by atoms with van der Waals surface area (Å²) in [5.41, 5.74) is 3.86. The van der Waals surface area contributed by atoms with Gasteiger partial charge in [-0.1, -0.05) is 18.2 Å². The van der Waals surface area contributed by atoms with Crippen LogP contribution in [0.4, 0.5) is 5.82 Å². The third-order valence-corrected chi connectivity index (χ3v) is 2.28. The molecule has 0 saturated carbocycles.